The van der Waals surface area contributed by atoms with Crippen LogP contribution in [-0.2, 0) is 4.74 Å². The molecule has 0 radical (unpaired) electrons. The third-order valence-corrected chi connectivity index (χ3v) is 8.76. The van der Waals surface area contributed by atoms with E-state index >= 15 is 0 Å². The van der Waals surface area contributed by atoms with Crippen molar-refractivity contribution in [3.63, 3.8) is 0 Å². The molecule has 0 bridgehead atoms. The minimum atomic E-state index is 0.627. The van der Waals surface area contributed by atoms with Gasteiger partial charge in [-0.2, -0.15) is 15.0 Å². The molecule has 0 aromatic carbocycles. The number of nitrogens with one attached hydrogen (secondary N) is 3. The summed E-state index contributed by atoms with van der Waals surface area (Å²) in [5.74, 6) is 1.91. The zero-order valence-electron chi connectivity index (χ0n) is 31.9. The summed E-state index contributed by atoms with van der Waals surface area (Å²) in [5, 5.41) is 10.4. The predicted molar refractivity (Wildman–Crippen MR) is 205 cm³/mol. The number of rotatable bonds is 36. The van der Waals surface area contributed by atoms with E-state index in [1.807, 2.05) is 0 Å². The summed E-state index contributed by atoms with van der Waals surface area (Å²) in [4.78, 5) is 19.3. The molecular formula is C38H78N8O. The molecule has 1 heterocycles. The van der Waals surface area contributed by atoms with Gasteiger partial charge in [-0.05, 0) is 64.7 Å². The van der Waals surface area contributed by atoms with Crippen molar-refractivity contribution in [1.29, 1.82) is 0 Å². The number of hydrogen-bond acceptors (Lipinski definition) is 9. The fraction of sp³-hybridized carbons (Fsp3) is 0.921. The van der Waals surface area contributed by atoms with Crippen LogP contribution in [-0.4, -0.2) is 96.9 Å². The predicted octanol–water partition coefficient (Wildman–Crippen LogP) is 9.24. The summed E-state index contributed by atoms with van der Waals surface area (Å²) in [6.45, 7) is 22.0. The summed E-state index contributed by atoms with van der Waals surface area (Å²) in [5.41, 5.74) is 0. The average molecular weight is 663 g/mol. The van der Waals surface area contributed by atoms with Crippen molar-refractivity contribution in [1.82, 2.24) is 24.8 Å². The Morgan fingerprint density at radius 3 is 1.13 bits per heavy atom. The van der Waals surface area contributed by atoms with Crippen molar-refractivity contribution in [2.24, 2.45) is 0 Å². The van der Waals surface area contributed by atoms with Crippen LogP contribution in [0.15, 0.2) is 0 Å². The van der Waals surface area contributed by atoms with E-state index in [9.17, 15) is 0 Å². The summed E-state index contributed by atoms with van der Waals surface area (Å²) < 4.78 is 5.93. The lowest BCUT2D eigenvalue weighted by molar-refractivity contribution is 0.129. The Morgan fingerprint density at radius 1 is 0.383 bits per heavy atom. The molecule has 1 aromatic rings. The van der Waals surface area contributed by atoms with E-state index in [0.717, 1.165) is 78.5 Å². The molecule has 1 rings (SSSR count). The molecule has 0 fully saturated rings. The van der Waals surface area contributed by atoms with Crippen LogP contribution in [0.2, 0.25) is 0 Å². The average Bonchev–Trinajstić information content (AvgIpc) is 3.08. The molecule has 47 heavy (non-hydrogen) atoms. The number of hydrogen-bond donors (Lipinski definition) is 3. The van der Waals surface area contributed by atoms with Crippen LogP contribution in [0.4, 0.5) is 17.8 Å². The van der Waals surface area contributed by atoms with E-state index in [1.165, 1.54) is 116 Å². The Kier molecular flexibility index (Phi) is 30.2. The molecule has 0 aliphatic carbocycles. The van der Waals surface area contributed by atoms with Crippen molar-refractivity contribution in [3.05, 3.63) is 0 Å². The van der Waals surface area contributed by atoms with Gasteiger partial charge in [-0.15, -0.1) is 0 Å². The van der Waals surface area contributed by atoms with Crippen LogP contribution >= 0.6 is 0 Å². The van der Waals surface area contributed by atoms with Crippen molar-refractivity contribution in [2.75, 3.05) is 88.1 Å². The molecule has 9 nitrogen and oxygen atoms in total. The number of unbranched alkanes of at least 4 members (excludes halogenated alkanes) is 13. The first kappa shape index (κ1) is 43.3. The fourth-order valence-electron chi connectivity index (χ4n) is 5.63. The van der Waals surface area contributed by atoms with Gasteiger partial charge >= 0.3 is 0 Å². The van der Waals surface area contributed by atoms with E-state index in [1.54, 1.807) is 0 Å². The first-order valence-electron chi connectivity index (χ1n) is 20.2. The standard InChI is InChI=1S/C38H78N8O/c1-6-11-16-17-18-19-20-21-22-23-34-47-35-24-25-39-36-42-37(40-26-32-45(28-12-7-2)29-13-8-3)44-38(43-36)41-27-33-46(30-14-9-4)31-15-10-5/h6-35H2,1-5H3,(H3,39,40,41,42,43,44). The van der Waals surface area contributed by atoms with Gasteiger partial charge in [0, 0.05) is 45.9 Å². The van der Waals surface area contributed by atoms with Crippen LogP contribution in [0.1, 0.15) is 157 Å². The second kappa shape index (κ2) is 32.8. The molecule has 0 aliphatic heterocycles. The third-order valence-electron chi connectivity index (χ3n) is 8.76. The lowest BCUT2D eigenvalue weighted by atomic mass is 10.1. The minimum Gasteiger partial charge on any atom is -0.381 e. The Hall–Kier alpha value is -1.71. The zero-order chi connectivity index (χ0) is 34.0. The second-order valence-corrected chi connectivity index (χ2v) is 13.3. The molecule has 1 aromatic heterocycles. The number of anilines is 3. The Balaban J connectivity index is 2.53. The topological polar surface area (TPSA) is 90.5 Å². The maximum Gasteiger partial charge on any atom is 0.229 e. The largest absolute Gasteiger partial charge is 0.381 e. The summed E-state index contributed by atoms with van der Waals surface area (Å²) in [6.07, 6.45) is 24.4. The van der Waals surface area contributed by atoms with Gasteiger partial charge in [0.15, 0.2) is 0 Å². The smallest absolute Gasteiger partial charge is 0.229 e. The number of ether oxygens (including phenoxy) is 1. The molecule has 0 unspecified atom stereocenters. The van der Waals surface area contributed by atoms with Gasteiger partial charge in [-0.3, -0.25) is 0 Å². The summed E-state index contributed by atoms with van der Waals surface area (Å²) in [6, 6.07) is 0. The van der Waals surface area contributed by atoms with Crippen LogP contribution in [0.25, 0.3) is 0 Å². The highest BCUT2D eigenvalue weighted by atomic mass is 16.5. The monoisotopic (exact) mass is 663 g/mol. The van der Waals surface area contributed by atoms with Crippen LogP contribution in [0, 0.1) is 0 Å². The first-order valence-corrected chi connectivity index (χ1v) is 20.2. The number of nitrogens with zero attached hydrogens (tertiary/aromatic N) is 5. The summed E-state index contributed by atoms with van der Waals surface area (Å²) >= 11 is 0. The van der Waals surface area contributed by atoms with Crippen LogP contribution in [0.3, 0.4) is 0 Å². The van der Waals surface area contributed by atoms with Gasteiger partial charge in [-0.25, -0.2) is 0 Å². The van der Waals surface area contributed by atoms with Crippen LogP contribution < -0.4 is 16.0 Å². The van der Waals surface area contributed by atoms with E-state index in [0.29, 0.717) is 17.8 Å². The number of aromatic nitrogens is 3. The molecule has 0 atom stereocenters. The first-order chi connectivity index (χ1) is 23.2. The SMILES string of the molecule is CCCCCCCCCCCCOCCCNc1nc(NCCN(CCCC)CCCC)nc(NCCN(CCCC)CCCC)n1. The maximum atomic E-state index is 5.93. The van der Waals surface area contributed by atoms with Gasteiger partial charge in [0.1, 0.15) is 0 Å². The van der Waals surface area contributed by atoms with Crippen molar-refractivity contribution in [2.45, 2.75) is 157 Å². The Morgan fingerprint density at radius 2 is 0.723 bits per heavy atom. The quantitative estimate of drug-likeness (QED) is 0.0608. The van der Waals surface area contributed by atoms with Gasteiger partial charge in [-0.1, -0.05) is 118 Å². The van der Waals surface area contributed by atoms with Gasteiger partial charge in [0.05, 0.1) is 0 Å². The molecule has 0 saturated heterocycles. The minimum absolute atomic E-state index is 0.627. The lowest BCUT2D eigenvalue weighted by Crippen LogP contribution is -2.32. The molecule has 9 heteroatoms. The Bertz CT molecular complexity index is 739. The van der Waals surface area contributed by atoms with Gasteiger partial charge in [0.2, 0.25) is 17.8 Å². The molecule has 276 valence electrons. The highest BCUT2D eigenvalue weighted by molar-refractivity contribution is 5.42. The van der Waals surface area contributed by atoms with E-state index < -0.39 is 0 Å². The molecule has 0 aliphatic rings. The van der Waals surface area contributed by atoms with Gasteiger partial charge < -0.3 is 30.5 Å². The maximum absolute atomic E-state index is 5.93. The molecule has 0 spiro atoms. The normalized spacial score (nSPS) is 11.6. The highest BCUT2D eigenvalue weighted by Crippen LogP contribution is 2.12. The fourth-order valence-corrected chi connectivity index (χ4v) is 5.63. The van der Waals surface area contributed by atoms with E-state index in [4.69, 9.17) is 19.7 Å². The van der Waals surface area contributed by atoms with E-state index in [-0.39, 0.29) is 0 Å². The zero-order valence-corrected chi connectivity index (χ0v) is 31.9. The third kappa shape index (κ3) is 25.9. The van der Waals surface area contributed by atoms with Gasteiger partial charge in [0.25, 0.3) is 0 Å². The molecule has 0 amide bonds. The summed E-state index contributed by atoms with van der Waals surface area (Å²) in [7, 11) is 0. The van der Waals surface area contributed by atoms with E-state index in [2.05, 4.69) is 60.4 Å². The van der Waals surface area contributed by atoms with Crippen molar-refractivity contribution < 1.29 is 4.74 Å². The molecular weight excluding hydrogens is 584 g/mol. The van der Waals surface area contributed by atoms with Crippen molar-refractivity contribution >= 4 is 17.8 Å². The van der Waals surface area contributed by atoms with Crippen LogP contribution in [0.5, 0.6) is 0 Å². The van der Waals surface area contributed by atoms with Crippen molar-refractivity contribution in [3.8, 4) is 0 Å². The molecule has 0 saturated carbocycles. The Labute approximate surface area is 291 Å². The lowest BCUT2D eigenvalue weighted by Gasteiger charge is -2.22. The molecule has 3 N–H and O–H groups in total. The highest BCUT2D eigenvalue weighted by Gasteiger charge is 2.10. The second-order valence-electron chi connectivity index (χ2n) is 13.3.